The Balaban J connectivity index is 1.30. The zero-order valence-corrected chi connectivity index (χ0v) is 17.4. The monoisotopic (exact) mass is 423 g/mol. The van der Waals surface area contributed by atoms with Gasteiger partial charge < -0.3 is 14.5 Å². The normalized spacial score (nSPS) is 17.3. The molecule has 0 radical (unpaired) electrons. The summed E-state index contributed by atoms with van der Waals surface area (Å²) in [5.74, 6) is 0.173. The summed E-state index contributed by atoms with van der Waals surface area (Å²) in [6, 6.07) is 7.96. The van der Waals surface area contributed by atoms with Crippen molar-refractivity contribution in [3.63, 3.8) is 0 Å². The van der Waals surface area contributed by atoms with Gasteiger partial charge in [0, 0.05) is 44.4 Å². The third kappa shape index (κ3) is 5.29. The highest BCUT2D eigenvalue weighted by Gasteiger charge is 2.30. The van der Waals surface area contributed by atoms with Crippen LogP contribution >= 0.6 is 0 Å². The van der Waals surface area contributed by atoms with Gasteiger partial charge in [0.2, 0.25) is 11.8 Å². The predicted octanol–water partition coefficient (Wildman–Crippen LogP) is 3.89. The maximum absolute atomic E-state index is 14.4. The fraction of sp³-hybridized carbons (Fsp3) is 0.375. The van der Waals surface area contributed by atoms with E-state index in [9.17, 15) is 14.0 Å². The van der Waals surface area contributed by atoms with Gasteiger partial charge >= 0.3 is 0 Å². The molecule has 1 aromatic carbocycles. The Labute approximate surface area is 181 Å². The molecule has 6 nitrogen and oxygen atoms in total. The third-order valence-corrected chi connectivity index (χ3v) is 5.81. The molecule has 0 N–H and O–H groups in total. The number of amides is 2. The molecule has 1 aromatic heterocycles. The summed E-state index contributed by atoms with van der Waals surface area (Å²) >= 11 is 0. The highest BCUT2D eigenvalue weighted by atomic mass is 19.1. The molecule has 0 spiro atoms. The zero-order valence-electron chi connectivity index (χ0n) is 17.4. The minimum Gasteiger partial charge on any atom is -0.453 e. The predicted molar refractivity (Wildman–Crippen MR) is 115 cm³/mol. The molecule has 2 aromatic rings. The molecule has 0 unspecified atom stereocenters. The Kier molecular flexibility index (Phi) is 6.60. The van der Waals surface area contributed by atoms with Crippen LogP contribution in [-0.2, 0) is 9.59 Å². The highest BCUT2D eigenvalue weighted by Crippen LogP contribution is 2.25. The number of halogens is 1. The molecule has 2 aliphatic rings. The van der Waals surface area contributed by atoms with E-state index in [2.05, 4.69) is 4.98 Å². The fourth-order valence-corrected chi connectivity index (χ4v) is 4.05. The van der Waals surface area contributed by atoms with E-state index in [1.54, 1.807) is 35.4 Å². The average Bonchev–Trinajstić information content (AvgIpc) is 3.34. The summed E-state index contributed by atoms with van der Waals surface area (Å²) in [5.41, 5.74) is 0.573. The molecule has 2 saturated heterocycles. The first-order chi connectivity index (χ1) is 15.1. The van der Waals surface area contributed by atoms with Crippen molar-refractivity contribution >= 4 is 17.9 Å². The summed E-state index contributed by atoms with van der Waals surface area (Å²) in [7, 11) is 0. The molecule has 2 aliphatic heterocycles. The van der Waals surface area contributed by atoms with Gasteiger partial charge in [-0.25, -0.2) is 4.39 Å². The fourth-order valence-electron chi connectivity index (χ4n) is 4.05. The summed E-state index contributed by atoms with van der Waals surface area (Å²) < 4.78 is 19.8. The lowest BCUT2D eigenvalue weighted by atomic mass is 9.95. The summed E-state index contributed by atoms with van der Waals surface area (Å²) in [4.78, 5) is 32.7. The van der Waals surface area contributed by atoms with Gasteiger partial charge in [0.05, 0.1) is 6.20 Å². The molecule has 162 valence electrons. The molecular formula is C24H26FN3O3. The van der Waals surface area contributed by atoms with Crippen LogP contribution in [0.3, 0.4) is 0 Å². The topological polar surface area (TPSA) is 62.7 Å². The van der Waals surface area contributed by atoms with Gasteiger partial charge in [-0.05, 0) is 61.6 Å². The maximum Gasteiger partial charge on any atom is 0.246 e. The number of pyridine rings is 1. The van der Waals surface area contributed by atoms with E-state index in [1.807, 2.05) is 4.90 Å². The molecule has 7 heteroatoms. The molecule has 0 bridgehead atoms. The van der Waals surface area contributed by atoms with Crippen LogP contribution in [0.4, 0.5) is 4.39 Å². The smallest absolute Gasteiger partial charge is 0.246 e. The zero-order chi connectivity index (χ0) is 21.6. The van der Waals surface area contributed by atoms with E-state index >= 15 is 0 Å². The number of ether oxygens (including phenoxy) is 1. The minimum absolute atomic E-state index is 0.0209. The van der Waals surface area contributed by atoms with E-state index in [1.165, 1.54) is 24.4 Å². The second-order valence-corrected chi connectivity index (χ2v) is 7.95. The van der Waals surface area contributed by atoms with Gasteiger partial charge in [-0.1, -0.05) is 6.07 Å². The van der Waals surface area contributed by atoms with E-state index in [0.717, 1.165) is 25.9 Å². The van der Waals surface area contributed by atoms with Crippen molar-refractivity contribution in [1.82, 2.24) is 14.8 Å². The SMILES string of the molecule is O=C(/C=C/c1ccc(Oc2cccnc2)c(F)c1)N1CCC(C(=O)N2CCCC2)CC1. The quantitative estimate of drug-likeness (QED) is 0.685. The number of nitrogens with zero attached hydrogens (tertiary/aromatic N) is 3. The Morgan fingerprint density at radius 1 is 1.06 bits per heavy atom. The van der Waals surface area contributed by atoms with Gasteiger partial charge in [-0.3, -0.25) is 14.6 Å². The summed E-state index contributed by atoms with van der Waals surface area (Å²) in [6.07, 6.45) is 9.75. The highest BCUT2D eigenvalue weighted by molar-refractivity contribution is 5.92. The number of aromatic nitrogens is 1. The van der Waals surface area contributed by atoms with Crippen molar-refractivity contribution in [3.8, 4) is 11.5 Å². The molecule has 0 atom stereocenters. The number of hydrogen-bond donors (Lipinski definition) is 0. The number of hydrogen-bond acceptors (Lipinski definition) is 4. The Hall–Kier alpha value is -3.22. The Morgan fingerprint density at radius 2 is 1.84 bits per heavy atom. The number of carbonyl (C=O) groups is 2. The first kappa shape index (κ1) is 21.0. The molecule has 2 fully saturated rings. The Bertz CT molecular complexity index is 950. The molecule has 31 heavy (non-hydrogen) atoms. The van der Waals surface area contributed by atoms with Crippen LogP contribution in [0.15, 0.2) is 48.8 Å². The summed E-state index contributed by atoms with van der Waals surface area (Å²) in [6.45, 7) is 2.87. The van der Waals surface area contributed by atoms with Gasteiger partial charge in [0.25, 0.3) is 0 Å². The second-order valence-electron chi connectivity index (χ2n) is 7.95. The van der Waals surface area contributed by atoms with E-state index in [0.29, 0.717) is 37.2 Å². The molecule has 2 amide bonds. The van der Waals surface area contributed by atoms with Crippen LogP contribution in [0, 0.1) is 11.7 Å². The van der Waals surface area contributed by atoms with E-state index in [-0.39, 0.29) is 23.5 Å². The van der Waals surface area contributed by atoms with Crippen molar-refractivity contribution in [1.29, 1.82) is 0 Å². The van der Waals surface area contributed by atoms with Gasteiger partial charge in [-0.2, -0.15) is 0 Å². The van der Waals surface area contributed by atoms with Crippen molar-refractivity contribution in [2.75, 3.05) is 26.2 Å². The van der Waals surface area contributed by atoms with Crippen LogP contribution in [0.2, 0.25) is 0 Å². The van der Waals surface area contributed by atoms with Gasteiger partial charge in [-0.15, -0.1) is 0 Å². The standard InChI is InChI=1S/C24H26FN3O3/c25-21-16-18(5-7-22(21)31-20-4-3-11-26-17-20)6-8-23(29)27-14-9-19(10-15-27)24(30)28-12-1-2-13-28/h3-8,11,16-17,19H,1-2,9-10,12-15H2/b8-6+. The first-order valence-corrected chi connectivity index (χ1v) is 10.7. The Morgan fingerprint density at radius 3 is 2.52 bits per heavy atom. The van der Waals surface area contributed by atoms with Crippen LogP contribution in [0.5, 0.6) is 11.5 Å². The lowest BCUT2D eigenvalue weighted by Gasteiger charge is -2.32. The van der Waals surface area contributed by atoms with Crippen LogP contribution in [0.25, 0.3) is 6.08 Å². The minimum atomic E-state index is -0.514. The number of benzene rings is 1. The second kappa shape index (κ2) is 9.73. The lowest BCUT2D eigenvalue weighted by molar-refractivity contribution is -0.138. The number of rotatable bonds is 5. The van der Waals surface area contributed by atoms with E-state index < -0.39 is 5.82 Å². The van der Waals surface area contributed by atoms with Gasteiger partial charge in [0.1, 0.15) is 5.75 Å². The summed E-state index contributed by atoms with van der Waals surface area (Å²) in [5, 5.41) is 0. The largest absolute Gasteiger partial charge is 0.453 e. The molecule has 0 aliphatic carbocycles. The molecule has 3 heterocycles. The third-order valence-electron chi connectivity index (χ3n) is 5.81. The van der Waals surface area contributed by atoms with Crippen molar-refractivity contribution in [2.45, 2.75) is 25.7 Å². The first-order valence-electron chi connectivity index (χ1n) is 10.7. The number of carbonyl (C=O) groups excluding carboxylic acids is 2. The number of piperidine rings is 1. The molecule has 0 saturated carbocycles. The maximum atomic E-state index is 14.4. The van der Waals surface area contributed by atoms with Crippen LogP contribution in [-0.4, -0.2) is 52.8 Å². The lowest BCUT2D eigenvalue weighted by Crippen LogP contribution is -2.43. The van der Waals surface area contributed by atoms with Crippen molar-refractivity contribution < 1.29 is 18.7 Å². The molecular weight excluding hydrogens is 397 g/mol. The number of likely N-dealkylation sites (tertiary alicyclic amines) is 2. The average molecular weight is 423 g/mol. The van der Waals surface area contributed by atoms with Crippen LogP contribution < -0.4 is 4.74 Å². The van der Waals surface area contributed by atoms with Crippen molar-refractivity contribution in [2.24, 2.45) is 5.92 Å². The van der Waals surface area contributed by atoms with E-state index in [4.69, 9.17) is 4.74 Å². The molecule has 4 rings (SSSR count). The van der Waals surface area contributed by atoms with Gasteiger partial charge in [0.15, 0.2) is 11.6 Å². The van der Waals surface area contributed by atoms with Crippen LogP contribution in [0.1, 0.15) is 31.2 Å². The van der Waals surface area contributed by atoms with Crippen molar-refractivity contribution in [3.05, 3.63) is 60.2 Å².